The maximum absolute atomic E-state index is 10.3. The molecule has 72 valence electrons. The summed E-state index contributed by atoms with van der Waals surface area (Å²) >= 11 is 0. The minimum atomic E-state index is -0.450. The number of aromatic nitrogens is 1. The number of ether oxygens (including phenoxy) is 1. The predicted molar refractivity (Wildman–Crippen MR) is 49.8 cm³/mol. The average Bonchev–Trinajstić information content (AvgIpc) is 2.99. The summed E-state index contributed by atoms with van der Waals surface area (Å²) in [7, 11) is 1.58. The largest absolute Gasteiger partial charge is 0.495 e. The second-order valence-electron chi connectivity index (χ2n) is 3.29. The molecule has 0 aromatic carbocycles. The van der Waals surface area contributed by atoms with Crippen LogP contribution in [0.15, 0.2) is 23.3 Å². The van der Waals surface area contributed by atoms with Crippen molar-refractivity contribution in [3.8, 4) is 5.75 Å². The van der Waals surface area contributed by atoms with Crippen LogP contribution < -0.4 is 4.74 Å². The van der Waals surface area contributed by atoms with Gasteiger partial charge in [-0.05, 0) is 25.0 Å². The Bertz CT molecular complexity index is 393. The van der Waals surface area contributed by atoms with Crippen LogP contribution >= 0.6 is 0 Å². The van der Waals surface area contributed by atoms with Crippen molar-refractivity contribution in [2.24, 2.45) is 4.99 Å². The number of carbonyl (C=O) groups excluding carboxylic acids is 1. The molecule has 0 N–H and O–H groups in total. The van der Waals surface area contributed by atoms with E-state index in [0.717, 1.165) is 18.5 Å². The minimum absolute atomic E-state index is 0.450. The summed E-state index contributed by atoms with van der Waals surface area (Å²) in [5.74, 6) is 0.684. The second kappa shape index (κ2) is 3.24. The number of pyridine rings is 1. The van der Waals surface area contributed by atoms with Crippen molar-refractivity contribution < 1.29 is 9.53 Å². The number of hydrogen-bond donors (Lipinski definition) is 0. The van der Waals surface area contributed by atoms with E-state index in [1.165, 1.54) is 0 Å². The summed E-state index contributed by atoms with van der Waals surface area (Å²) in [6.45, 7) is 0. The maximum atomic E-state index is 10.3. The van der Waals surface area contributed by atoms with E-state index in [-0.39, 0.29) is 0 Å². The summed E-state index contributed by atoms with van der Waals surface area (Å²) in [4.78, 5) is 18.3. The molecule has 1 fully saturated rings. The van der Waals surface area contributed by atoms with E-state index in [1.54, 1.807) is 25.5 Å². The molecule has 0 aliphatic heterocycles. The monoisotopic (exact) mass is 190 g/mol. The van der Waals surface area contributed by atoms with E-state index in [0.29, 0.717) is 5.75 Å². The van der Waals surface area contributed by atoms with Crippen molar-refractivity contribution in [1.29, 1.82) is 0 Å². The third-order valence-electron chi connectivity index (χ3n) is 2.41. The average molecular weight is 190 g/mol. The van der Waals surface area contributed by atoms with Crippen LogP contribution in [0.5, 0.6) is 5.75 Å². The molecule has 0 bridgehead atoms. The van der Waals surface area contributed by atoms with Gasteiger partial charge in [0, 0.05) is 6.20 Å². The van der Waals surface area contributed by atoms with Gasteiger partial charge in [0.1, 0.15) is 17.0 Å². The Morgan fingerprint density at radius 1 is 1.64 bits per heavy atom. The molecule has 14 heavy (non-hydrogen) atoms. The Kier molecular flexibility index (Phi) is 2.06. The van der Waals surface area contributed by atoms with Crippen molar-refractivity contribution in [3.05, 3.63) is 24.0 Å². The lowest BCUT2D eigenvalue weighted by Crippen LogP contribution is -2.07. The lowest BCUT2D eigenvalue weighted by atomic mass is 10.1. The highest BCUT2D eigenvalue weighted by Crippen LogP contribution is 2.50. The number of isocyanates is 1. The maximum Gasteiger partial charge on any atom is 0.235 e. The predicted octanol–water partition coefficient (Wildman–Crippen LogP) is 1.42. The second-order valence-corrected chi connectivity index (χ2v) is 3.29. The van der Waals surface area contributed by atoms with E-state index in [2.05, 4.69) is 9.98 Å². The topological polar surface area (TPSA) is 51.6 Å². The fourth-order valence-corrected chi connectivity index (χ4v) is 1.51. The first-order chi connectivity index (χ1) is 6.82. The van der Waals surface area contributed by atoms with Gasteiger partial charge in [-0.2, -0.15) is 4.99 Å². The van der Waals surface area contributed by atoms with E-state index in [4.69, 9.17) is 4.74 Å². The van der Waals surface area contributed by atoms with Crippen LogP contribution in [0.3, 0.4) is 0 Å². The van der Waals surface area contributed by atoms with Crippen LogP contribution in [0, 0.1) is 0 Å². The molecule has 1 aliphatic rings. The van der Waals surface area contributed by atoms with Gasteiger partial charge in [-0.15, -0.1) is 0 Å². The van der Waals surface area contributed by atoms with Gasteiger partial charge in [-0.1, -0.05) is 0 Å². The summed E-state index contributed by atoms with van der Waals surface area (Å²) in [6.07, 6.45) is 4.96. The Labute approximate surface area is 81.6 Å². The highest BCUT2D eigenvalue weighted by molar-refractivity contribution is 5.43. The van der Waals surface area contributed by atoms with Gasteiger partial charge < -0.3 is 4.74 Å². The first-order valence-corrected chi connectivity index (χ1v) is 4.41. The molecule has 0 amide bonds. The molecule has 0 unspecified atom stereocenters. The van der Waals surface area contributed by atoms with Gasteiger partial charge in [0.25, 0.3) is 0 Å². The van der Waals surface area contributed by atoms with Gasteiger partial charge >= 0.3 is 0 Å². The van der Waals surface area contributed by atoms with Gasteiger partial charge in [-0.25, -0.2) is 4.79 Å². The molecule has 4 nitrogen and oxygen atoms in total. The van der Waals surface area contributed by atoms with Crippen LogP contribution in [0.4, 0.5) is 0 Å². The Morgan fingerprint density at radius 2 is 2.43 bits per heavy atom. The number of nitrogens with zero attached hydrogens (tertiary/aromatic N) is 2. The zero-order valence-electron chi connectivity index (χ0n) is 7.86. The fourth-order valence-electron chi connectivity index (χ4n) is 1.51. The van der Waals surface area contributed by atoms with Crippen molar-refractivity contribution in [2.45, 2.75) is 18.4 Å². The smallest absolute Gasteiger partial charge is 0.235 e. The molecule has 0 atom stereocenters. The molecule has 1 aliphatic carbocycles. The lowest BCUT2D eigenvalue weighted by molar-refractivity contribution is 0.400. The highest BCUT2D eigenvalue weighted by atomic mass is 16.5. The third kappa shape index (κ3) is 1.30. The molecular weight excluding hydrogens is 180 g/mol. The first-order valence-electron chi connectivity index (χ1n) is 4.41. The van der Waals surface area contributed by atoms with Gasteiger partial charge in [0.2, 0.25) is 6.08 Å². The summed E-state index contributed by atoms with van der Waals surface area (Å²) < 4.78 is 5.17. The highest BCUT2D eigenvalue weighted by Gasteiger charge is 2.48. The molecule has 2 rings (SSSR count). The zero-order valence-corrected chi connectivity index (χ0v) is 7.86. The quantitative estimate of drug-likeness (QED) is 0.535. The van der Waals surface area contributed by atoms with Crippen LogP contribution in [0.1, 0.15) is 18.5 Å². The van der Waals surface area contributed by atoms with Gasteiger partial charge in [0.15, 0.2) is 0 Å². The van der Waals surface area contributed by atoms with Crippen LogP contribution in [0.25, 0.3) is 0 Å². The Morgan fingerprint density at radius 3 is 3.00 bits per heavy atom. The zero-order chi connectivity index (χ0) is 10.0. The van der Waals surface area contributed by atoms with Crippen molar-refractivity contribution >= 4 is 6.08 Å². The Balaban J connectivity index is 2.45. The van der Waals surface area contributed by atoms with Crippen molar-refractivity contribution in [1.82, 2.24) is 4.98 Å². The molecule has 0 spiro atoms. The number of rotatable bonds is 3. The van der Waals surface area contributed by atoms with Crippen LogP contribution in [0.2, 0.25) is 0 Å². The fraction of sp³-hybridized carbons (Fsp3) is 0.400. The van der Waals surface area contributed by atoms with E-state index in [1.807, 2.05) is 6.07 Å². The standard InChI is InChI=1S/C10H10N2O2/c1-14-8-3-2-6-11-9(8)10(4-5-10)12-7-13/h2-3,6H,4-5H2,1H3. The molecular formula is C10H10N2O2. The van der Waals surface area contributed by atoms with E-state index in [9.17, 15) is 4.79 Å². The normalized spacial score (nSPS) is 16.9. The summed E-state index contributed by atoms with van der Waals surface area (Å²) in [5, 5.41) is 0. The van der Waals surface area contributed by atoms with E-state index >= 15 is 0 Å². The molecule has 1 aromatic rings. The number of aliphatic imine (C=N–C) groups is 1. The summed E-state index contributed by atoms with van der Waals surface area (Å²) in [5.41, 5.74) is 0.291. The molecule has 0 radical (unpaired) electrons. The molecule has 4 heteroatoms. The molecule has 0 saturated heterocycles. The van der Waals surface area contributed by atoms with Gasteiger partial charge in [-0.3, -0.25) is 4.98 Å². The van der Waals surface area contributed by atoms with Crippen molar-refractivity contribution in [2.75, 3.05) is 7.11 Å². The Hall–Kier alpha value is -1.67. The first kappa shape index (κ1) is 8.91. The van der Waals surface area contributed by atoms with Crippen LogP contribution in [-0.4, -0.2) is 18.2 Å². The van der Waals surface area contributed by atoms with E-state index < -0.39 is 5.54 Å². The van der Waals surface area contributed by atoms with Crippen molar-refractivity contribution in [3.63, 3.8) is 0 Å². The summed E-state index contributed by atoms with van der Waals surface area (Å²) in [6, 6.07) is 3.62. The third-order valence-corrected chi connectivity index (χ3v) is 2.41. The number of methoxy groups -OCH3 is 1. The minimum Gasteiger partial charge on any atom is -0.495 e. The number of hydrogen-bond acceptors (Lipinski definition) is 4. The van der Waals surface area contributed by atoms with Gasteiger partial charge in [0.05, 0.1) is 7.11 Å². The molecule has 1 heterocycles. The lowest BCUT2D eigenvalue weighted by Gasteiger charge is -2.10. The SMILES string of the molecule is COc1cccnc1C1(N=C=O)CC1. The van der Waals surface area contributed by atoms with Crippen LogP contribution in [-0.2, 0) is 10.3 Å². The molecule has 1 aromatic heterocycles. The molecule has 1 saturated carbocycles.